The van der Waals surface area contributed by atoms with Gasteiger partial charge in [-0.2, -0.15) is 0 Å². The number of nitrogens with one attached hydrogen (secondary N) is 1. The van der Waals surface area contributed by atoms with Crippen molar-refractivity contribution in [2.75, 3.05) is 24.4 Å². The summed E-state index contributed by atoms with van der Waals surface area (Å²) < 4.78 is 11.8. The smallest absolute Gasteiger partial charge is 0.238 e. The molecule has 214 valence electrons. The second kappa shape index (κ2) is 10.2. The van der Waals surface area contributed by atoms with Crippen LogP contribution >= 0.6 is 15.9 Å². The standard InChI is InChI=1S/C35H27BrN2O5/c1-42-27-17-13-22(19-28(27)43-2)33(40)31-30(32(39)21-11-15-23(36)16-12-21)35(24-8-4-5-9-25(24)37-34(35)41)29-18-14-20-7-3-6-10-26(20)38(29)31/h3-19,29-31H,1-2H3,(H,37,41). The average Bonchev–Trinajstić information content (AvgIpc) is 3.52. The van der Waals surface area contributed by atoms with Gasteiger partial charge in [-0.3, -0.25) is 14.4 Å². The van der Waals surface area contributed by atoms with Crippen LogP contribution < -0.4 is 19.7 Å². The van der Waals surface area contributed by atoms with E-state index in [-0.39, 0.29) is 17.5 Å². The molecule has 0 saturated carbocycles. The van der Waals surface area contributed by atoms with Gasteiger partial charge in [0.25, 0.3) is 0 Å². The third-order valence-electron chi connectivity index (χ3n) is 8.89. The molecule has 0 aliphatic carbocycles. The van der Waals surface area contributed by atoms with Crippen LogP contribution in [0.1, 0.15) is 31.8 Å². The number of hydrogen-bond donors (Lipinski definition) is 1. The number of halogens is 1. The molecule has 3 aliphatic heterocycles. The molecule has 4 unspecified atom stereocenters. The van der Waals surface area contributed by atoms with Crippen molar-refractivity contribution >= 4 is 50.9 Å². The zero-order chi connectivity index (χ0) is 29.9. The first-order valence-electron chi connectivity index (χ1n) is 13.9. The van der Waals surface area contributed by atoms with Crippen LogP contribution in [-0.4, -0.2) is 43.8 Å². The Morgan fingerprint density at radius 3 is 2.30 bits per heavy atom. The molecule has 1 amide bonds. The van der Waals surface area contributed by atoms with E-state index in [4.69, 9.17) is 9.47 Å². The Balaban J connectivity index is 1.52. The second-order valence-electron chi connectivity index (χ2n) is 10.9. The molecule has 0 radical (unpaired) electrons. The number of carbonyl (C=O) groups is 3. The van der Waals surface area contributed by atoms with E-state index in [1.54, 1.807) is 42.5 Å². The lowest BCUT2D eigenvalue weighted by molar-refractivity contribution is -0.121. The van der Waals surface area contributed by atoms with Crippen molar-refractivity contribution < 1.29 is 23.9 Å². The molecule has 3 heterocycles. The van der Waals surface area contributed by atoms with Crippen LogP contribution in [0.3, 0.4) is 0 Å². The maximum atomic E-state index is 14.9. The number of anilines is 2. The maximum Gasteiger partial charge on any atom is 0.238 e. The SMILES string of the molecule is COc1ccc(C(=O)C2C(C(=O)c3ccc(Br)cc3)C3(C(=O)Nc4ccccc43)C3C=Cc4ccccc4N23)cc1OC. The van der Waals surface area contributed by atoms with E-state index in [2.05, 4.69) is 21.2 Å². The topological polar surface area (TPSA) is 84.9 Å². The van der Waals surface area contributed by atoms with Gasteiger partial charge in [0.15, 0.2) is 23.1 Å². The minimum Gasteiger partial charge on any atom is -0.493 e. The van der Waals surface area contributed by atoms with Crippen molar-refractivity contribution in [3.63, 3.8) is 0 Å². The van der Waals surface area contributed by atoms with Crippen molar-refractivity contribution in [3.8, 4) is 11.5 Å². The number of methoxy groups -OCH3 is 2. The number of rotatable bonds is 6. The first-order chi connectivity index (χ1) is 20.9. The van der Waals surface area contributed by atoms with Crippen LogP contribution in [-0.2, 0) is 10.2 Å². The highest BCUT2D eigenvalue weighted by molar-refractivity contribution is 9.10. The molecule has 3 aliphatic rings. The molecule has 4 atom stereocenters. The number of fused-ring (bicyclic) bond motifs is 6. The number of benzene rings is 4. The van der Waals surface area contributed by atoms with Crippen LogP contribution in [0, 0.1) is 5.92 Å². The molecule has 1 N–H and O–H groups in total. The molecule has 1 fully saturated rings. The van der Waals surface area contributed by atoms with Gasteiger partial charge in [-0.1, -0.05) is 76.6 Å². The van der Waals surface area contributed by atoms with Gasteiger partial charge in [0.2, 0.25) is 5.91 Å². The fraction of sp³-hybridized carbons (Fsp3) is 0.171. The number of para-hydroxylation sites is 2. The Hall–Kier alpha value is -4.69. The summed E-state index contributed by atoms with van der Waals surface area (Å²) in [4.78, 5) is 46.2. The monoisotopic (exact) mass is 634 g/mol. The highest BCUT2D eigenvalue weighted by Crippen LogP contribution is 2.58. The van der Waals surface area contributed by atoms with Crippen molar-refractivity contribution in [1.29, 1.82) is 0 Å². The zero-order valence-electron chi connectivity index (χ0n) is 23.4. The van der Waals surface area contributed by atoms with Crippen molar-refractivity contribution in [2.45, 2.75) is 17.5 Å². The number of Topliss-reactive ketones (excluding diaryl/α,β-unsaturated/α-hetero) is 2. The molecular weight excluding hydrogens is 608 g/mol. The van der Waals surface area contributed by atoms with E-state index in [0.717, 1.165) is 15.7 Å². The molecule has 7 rings (SSSR count). The Morgan fingerprint density at radius 2 is 1.53 bits per heavy atom. The largest absolute Gasteiger partial charge is 0.493 e. The molecule has 7 nitrogen and oxygen atoms in total. The van der Waals surface area contributed by atoms with Gasteiger partial charge in [0.05, 0.1) is 26.2 Å². The molecule has 4 aromatic carbocycles. The third kappa shape index (κ3) is 3.89. The van der Waals surface area contributed by atoms with Gasteiger partial charge >= 0.3 is 0 Å². The van der Waals surface area contributed by atoms with Crippen molar-refractivity contribution in [1.82, 2.24) is 0 Å². The molecule has 8 heteroatoms. The summed E-state index contributed by atoms with van der Waals surface area (Å²) in [6.45, 7) is 0. The first kappa shape index (κ1) is 27.2. The fourth-order valence-electron chi connectivity index (χ4n) is 7.07. The van der Waals surface area contributed by atoms with E-state index < -0.39 is 23.4 Å². The van der Waals surface area contributed by atoms with Crippen LogP contribution in [0.4, 0.5) is 11.4 Å². The summed E-state index contributed by atoms with van der Waals surface area (Å²) in [5.41, 5.74) is 2.45. The first-order valence-corrected chi connectivity index (χ1v) is 14.7. The summed E-state index contributed by atoms with van der Waals surface area (Å²) in [6, 6.07) is 25.7. The van der Waals surface area contributed by atoms with E-state index in [1.807, 2.05) is 65.6 Å². The van der Waals surface area contributed by atoms with Crippen molar-refractivity contribution in [2.24, 2.45) is 5.92 Å². The van der Waals surface area contributed by atoms with Crippen LogP contribution in [0.25, 0.3) is 6.08 Å². The van der Waals surface area contributed by atoms with E-state index in [0.29, 0.717) is 33.9 Å². The quantitative estimate of drug-likeness (QED) is 0.250. The van der Waals surface area contributed by atoms with Gasteiger partial charge in [-0.15, -0.1) is 0 Å². The summed E-state index contributed by atoms with van der Waals surface area (Å²) in [5.74, 6) is -1.04. The number of nitrogens with zero attached hydrogens (tertiary/aromatic N) is 1. The summed E-state index contributed by atoms with van der Waals surface area (Å²) >= 11 is 3.46. The molecule has 4 aromatic rings. The molecule has 1 saturated heterocycles. The Kier molecular flexibility index (Phi) is 6.47. The van der Waals surface area contributed by atoms with Crippen molar-refractivity contribution in [3.05, 3.63) is 124 Å². The second-order valence-corrected chi connectivity index (χ2v) is 11.8. The van der Waals surface area contributed by atoms with Gasteiger partial charge < -0.3 is 19.7 Å². The molecule has 0 bridgehead atoms. The van der Waals surface area contributed by atoms with E-state index >= 15 is 0 Å². The van der Waals surface area contributed by atoms with E-state index in [9.17, 15) is 14.4 Å². The van der Waals surface area contributed by atoms with Crippen LogP contribution in [0.15, 0.2) is 102 Å². The normalized spacial score (nSPS) is 22.9. The highest BCUT2D eigenvalue weighted by Gasteiger charge is 2.70. The summed E-state index contributed by atoms with van der Waals surface area (Å²) in [7, 11) is 3.04. The van der Waals surface area contributed by atoms with Gasteiger partial charge in [0.1, 0.15) is 11.5 Å². The lowest BCUT2D eigenvalue weighted by Crippen LogP contribution is -2.51. The van der Waals surface area contributed by atoms with E-state index in [1.165, 1.54) is 14.2 Å². The van der Waals surface area contributed by atoms with Gasteiger partial charge in [-0.05, 0) is 53.6 Å². The summed E-state index contributed by atoms with van der Waals surface area (Å²) in [6.07, 6.45) is 3.95. The predicted octanol–water partition coefficient (Wildman–Crippen LogP) is 6.32. The highest BCUT2D eigenvalue weighted by atomic mass is 79.9. The minimum atomic E-state index is -1.37. The lowest BCUT2D eigenvalue weighted by Gasteiger charge is -2.37. The minimum absolute atomic E-state index is 0.279. The summed E-state index contributed by atoms with van der Waals surface area (Å²) in [5, 5.41) is 3.06. The molecule has 43 heavy (non-hydrogen) atoms. The number of amides is 1. The van der Waals surface area contributed by atoms with Crippen LogP contribution in [0.5, 0.6) is 11.5 Å². The number of ketones is 2. The van der Waals surface area contributed by atoms with Crippen LogP contribution in [0.2, 0.25) is 0 Å². The van der Waals surface area contributed by atoms with Gasteiger partial charge in [-0.25, -0.2) is 0 Å². The third-order valence-corrected chi connectivity index (χ3v) is 9.42. The molecular formula is C35H27BrN2O5. The average molecular weight is 636 g/mol. The number of carbonyl (C=O) groups excluding carboxylic acids is 3. The Labute approximate surface area is 257 Å². The number of hydrogen-bond acceptors (Lipinski definition) is 6. The Morgan fingerprint density at radius 1 is 0.837 bits per heavy atom. The molecule has 0 aromatic heterocycles. The lowest BCUT2D eigenvalue weighted by atomic mass is 9.64. The Bertz CT molecular complexity index is 1830. The molecule has 1 spiro atoms. The van der Waals surface area contributed by atoms with Gasteiger partial charge in [0, 0.05) is 27.0 Å². The fourth-order valence-corrected chi connectivity index (χ4v) is 7.34. The predicted molar refractivity (Wildman–Crippen MR) is 168 cm³/mol. The zero-order valence-corrected chi connectivity index (χ0v) is 25.0. The maximum absolute atomic E-state index is 14.9. The number of ether oxygens (including phenoxy) is 2.